The molecule has 1 aliphatic heterocycles. The van der Waals surface area contributed by atoms with E-state index < -0.39 is 10.0 Å². The first kappa shape index (κ1) is 18.5. The highest BCUT2D eigenvalue weighted by Gasteiger charge is 2.29. The molecule has 1 atom stereocenters. The summed E-state index contributed by atoms with van der Waals surface area (Å²) in [6, 6.07) is 17.2. The van der Waals surface area contributed by atoms with Gasteiger partial charge >= 0.3 is 0 Å². The van der Waals surface area contributed by atoms with Crippen LogP contribution in [0.5, 0.6) is 0 Å². The van der Waals surface area contributed by atoms with Gasteiger partial charge in [0.25, 0.3) is 5.91 Å². The molecule has 138 valence electrons. The molecule has 1 aliphatic rings. The quantitative estimate of drug-likeness (QED) is 0.846. The van der Waals surface area contributed by atoms with E-state index in [0.717, 1.165) is 38.5 Å². The van der Waals surface area contributed by atoms with Crippen LogP contribution in [0.15, 0.2) is 54.6 Å². The molecule has 1 saturated heterocycles. The largest absolute Gasteiger partial charge is 0.336 e. The molecule has 0 aliphatic carbocycles. The number of rotatable bonds is 6. The second kappa shape index (κ2) is 7.91. The number of amides is 1. The third kappa shape index (κ3) is 4.85. The Balaban J connectivity index is 1.69. The molecule has 3 rings (SSSR count). The minimum Gasteiger partial charge on any atom is -0.336 e. The zero-order valence-corrected chi connectivity index (χ0v) is 15.7. The number of carbonyl (C=O) groups excluding carboxylic acids is 1. The zero-order chi connectivity index (χ0) is 18.6. The molecule has 1 amide bonds. The Labute approximate surface area is 155 Å². The summed E-state index contributed by atoms with van der Waals surface area (Å²) in [4.78, 5) is 14.9. The van der Waals surface area contributed by atoms with E-state index >= 15 is 0 Å². The van der Waals surface area contributed by atoms with Gasteiger partial charge < -0.3 is 4.90 Å². The molecule has 26 heavy (non-hydrogen) atoms. The van der Waals surface area contributed by atoms with Gasteiger partial charge in [0.05, 0.1) is 6.26 Å². The van der Waals surface area contributed by atoms with Gasteiger partial charge in [0, 0.05) is 23.8 Å². The van der Waals surface area contributed by atoms with Crippen LogP contribution in [0.3, 0.4) is 0 Å². The minimum absolute atomic E-state index is 0.0299. The van der Waals surface area contributed by atoms with Gasteiger partial charge in [0.2, 0.25) is 10.0 Å². The molecule has 2 aromatic carbocycles. The maximum absolute atomic E-state index is 12.9. The molecule has 2 aromatic rings. The van der Waals surface area contributed by atoms with Crippen molar-refractivity contribution in [3.05, 3.63) is 65.7 Å². The van der Waals surface area contributed by atoms with Crippen molar-refractivity contribution in [2.75, 3.05) is 17.5 Å². The van der Waals surface area contributed by atoms with Crippen LogP contribution < -0.4 is 4.72 Å². The molecule has 0 spiro atoms. The Bertz CT molecular complexity index is 866. The summed E-state index contributed by atoms with van der Waals surface area (Å²) in [5.41, 5.74) is 2.22. The smallest absolute Gasteiger partial charge is 0.254 e. The molecule has 1 N–H and O–H groups in total. The van der Waals surface area contributed by atoms with Gasteiger partial charge in [-0.3, -0.25) is 9.52 Å². The van der Waals surface area contributed by atoms with E-state index in [1.165, 1.54) is 5.56 Å². The van der Waals surface area contributed by atoms with Crippen LogP contribution in [0.1, 0.15) is 35.2 Å². The Kier molecular flexibility index (Phi) is 5.61. The van der Waals surface area contributed by atoms with Crippen molar-refractivity contribution in [1.29, 1.82) is 0 Å². The summed E-state index contributed by atoms with van der Waals surface area (Å²) in [6.07, 6.45) is 5.01. The maximum atomic E-state index is 12.9. The van der Waals surface area contributed by atoms with E-state index in [1.807, 2.05) is 23.1 Å². The molecule has 0 bridgehead atoms. The second-order valence-corrected chi connectivity index (χ2v) is 8.52. The number of nitrogens with one attached hydrogen (secondary N) is 1. The minimum atomic E-state index is -3.36. The summed E-state index contributed by atoms with van der Waals surface area (Å²) in [5, 5.41) is 0. The Hall–Kier alpha value is -2.34. The van der Waals surface area contributed by atoms with E-state index in [-0.39, 0.29) is 11.9 Å². The third-order valence-corrected chi connectivity index (χ3v) is 5.27. The third-order valence-electron chi connectivity index (χ3n) is 4.66. The van der Waals surface area contributed by atoms with Crippen molar-refractivity contribution in [1.82, 2.24) is 4.90 Å². The lowest BCUT2D eigenvalue weighted by Crippen LogP contribution is -2.35. The lowest BCUT2D eigenvalue weighted by Gasteiger charge is -2.25. The number of likely N-dealkylation sites (tertiary alicyclic amines) is 1. The van der Waals surface area contributed by atoms with Crippen LogP contribution in [-0.2, 0) is 16.4 Å². The molecule has 0 radical (unpaired) electrons. The summed E-state index contributed by atoms with van der Waals surface area (Å²) in [5.74, 6) is -0.0299. The van der Waals surface area contributed by atoms with Crippen LogP contribution in [0.4, 0.5) is 5.69 Å². The zero-order valence-electron chi connectivity index (χ0n) is 14.9. The van der Waals surface area contributed by atoms with E-state index in [1.54, 1.807) is 24.3 Å². The summed E-state index contributed by atoms with van der Waals surface area (Å²) < 4.78 is 25.2. The standard InChI is InChI=1S/C20H24N2O3S/c1-26(24,25)21-18-10-5-9-17(15-18)20(23)22-14-6-11-19(22)13-12-16-7-3-2-4-8-16/h2-5,7-10,15,19,21H,6,11-14H2,1H3. The number of carbonyl (C=O) groups is 1. The van der Waals surface area contributed by atoms with Gasteiger partial charge in [-0.05, 0) is 49.4 Å². The van der Waals surface area contributed by atoms with Gasteiger partial charge in [0.1, 0.15) is 0 Å². The molecular formula is C20H24N2O3S. The number of nitrogens with zero attached hydrogens (tertiary/aromatic N) is 1. The van der Waals surface area contributed by atoms with Crippen molar-refractivity contribution in [2.45, 2.75) is 31.7 Å². The Morgan fingerprint density at radius 3 is 2.65 bits per heavy atom. The molecule has 1 heterocycles. The van der Waals surface area contributed by atoms with Crippen molar-refractivity contribution >= 4 is 21.6 Å². The SMILES string of the molecule is CS(=O)(=O)Nc1cccc(C(=O)N2CCCC2CCc2ccccc2)c1. The number of hydrogen-bond acceptors (Lipinski definition) is 3. The van der Waals surface area contributed by atoms with Crippen LogP contribution >= 0.6 is 0 Å². The second-order valence-electron chi connectivity index (χ2n) is 6.77. The highest BCUT2D eigenvalue weighted by atomic mass is 32.2. The van der Waals surface area contributed by atoms with Crippen LogP contribution in [-0.4, -0.2) is 38.1 Å². The fourth-order valence-corrected chi connectivity index (χ4v) is 4.03. The molecular weight excluding hydrogens is 348 g/mol. The van der Waals surface area contributed by atoms with E-state index in [0.29, 0.717) is 11.3 Å². The molecule has 5 nitrogen and oxygen atoms in total. The highest BCUT2D eigenvalue weighted by molar-refractivity contribution is 7.92. The number of anilines is 1. The van der Waals surface area contributed by atoms with Crippen molar-refractivity contribution < 1.29 is 13.2 Å². The first-order chi connectivity index (χ1) is 12.4. The molecule has 1 unspecified atom stereocenters. The van der Waals surface area contributed by atoms with Crippen LogP contribution in [0.2, 0.25) is 0 Å². The lowest BCUT2D eigenvalue weighted by molar-refractivity contribution is 0.0730. The average molecular weight is 372 g/mol. The first-order valence-electron chi connectivity index (χ1n) is 8.85. The van der Waals surface area contributed by atoms with Gasteiger partial charge in [-0.1, -0.05) is 36.4 Å². The van der Waals surface area contributed by atoms with Crippen LogP contribution in [0, 0.1) is 0 Å². The lowest BCUT2D eigenvalue weighted by atomic mass is 10.0. The normalized spacial score (nSPS) is 17.3. The topological polar surface area (TPSA) is 66.5 Å². The Morgan fingerprint density at radius 2 is 1.92 bits per heavy atom. The van der Waals surface area contributed by atoms with Crippen molar-refractivity contribution in [3.8, 4) is 0 Å². The number of hydrogen-bond donors (Lipinski definition) is 1. The predicted molar refractivity (Wildman–Crippen MR) is 104 cm³/mol. The summed E-state index contributed by atoms with van der Waals surface area (Å²) in [6.45, 7) is 0.752. The fraction of sp³-hybridized carbons (Fsp3) is 0.350. The number of aryl methyl sites for hydroxylation is 1. The highest BCUT2D eigenvalue weighted by Crippen LogP contribution is 2.25. The molecule has 0 saturated carbocycles. The van der Waals surface area contributed by atoms with Gasteiger partial charge in [-0.2, -0.15) is 0 Å². The van der Waals surface area contributed by atoms with Crippen molar-refractivity contribution in [2.24, 2.45) is 0 Å². The van der Waals surface area contributed by atoms with Crippen LogP contribution in [0.25, 0.3) is 0 Å². The van der Waals surface area contributed by atoms with Gasteiger partial charge in [-0.25, -0.2) is 8.42 Å². The molecule has 1 fully saturated rings. The fourth-order valence-electron chi connectivity index (χ4n) is 3.48. The number of sulfonamides is 1. The van der Waals surface area contributed by atoms with E-state index in [9.17, 15) is 13.2 Å². The van der Waals surface area contributed by atoms with E-state index in [4.69, 9.17) is 0 Å². The first-order valence-corrected chi connectivity index (χ1v) is 10.7. The van der Waals surface area contributed by atoms with Gasteiger partial charge in [0.15, 0.2) is 0 Å². The predicted octanol–water partition coefficient (Wildman–Crippen LogP) is 3.30. The van der Waals surface area contributed by atoms with E-state index in [2.05, 4.69) is 16.9 Å². The summed E-state index contributed by atoms with van der Waals surface area (Å²) >= 11 is 0. The monoisotopic (exact) mass is 372 g/mol. The van der Waals surface area contributed by atoms with Crippen molar-refractivity contribution in [3.63, 3.8) is 0 Å². The van der Waals surface area contributed by atoms with Gasteiger partial charge in [-0.15, -0.1) is 0 Å². The number of benzene rings is 2. The summed E-state index contributed by atoms with van der Waals surface area (Å²) in [7, 11) is -3.36. The Morgan fingerprint density at radius 1 is 1.15 bits per heavy atom. The maximum Gasteiger partial charge on any atom is 0.254 e. The average Bonchev–Trinajstić information content (AvgIpc) is 3.07. The molecule has 6 heteroatoms. The molecule has 0 aromatic heterocycles.